The van der Waals surface area contributed by atoms with Crippen LogP contribution in [0.5, 0.6) is 5.75 Å². The van der Waals surface area contributed by atoms with Gasteiger partial charge in [-0.05, 0) is 0 Å². The Hall–Kier alpha value is -1.49. The first kappa shape index (κ1) is 9.60. The maximum absolute atomic E-state index is 12.9. The fraction of sp³-hybridized carbons (Fsp3) is 0.125. The predicted molar refractivity (Wildman–Crippen MR) is 41.4 cm³/mol. The molecule has 0 atom stereocenters. The van der Waals surface area contributed by atoms with Crippen molar-refractivity contribution in [2.45, 2.75) is 0 Å². The lowest BCUT2D eigenvalue weighted by atomic mass is 10.1. The van der Waals surface area contributed by atoms with Gasteiger partial charge in [0.1, 0.15) is 17.4 Å². The van der Waals surface area contributed by atoms with Crippen molar-refractivity contribution in [2.75, 3.05) is 6.54 Å². The lowest BCUT2D eigenvalue weighted by Gasteiger charge is -2.02. The number of rotatable bonds is 2. The van der Waals surface area contributed by atoms with Gasteiger partial charge in [-0.25, -0.2) is 8.78 Å². The molecule has 0 heterocycles. The van der Waals surface area contributed by atoms with Gasteiger partial charge < -0.3 is 10.8 Å². The third-order valence-electron chi connectivity index (χ3n) is 1.49. The number of hydrogen-bond donors (Lipinski definition) is 2. The molecular weight excluding hydrogens is 180 g/mol. The number of phenols is 1. The summed E-state index contributed by atoms with van der Waals surface area (Å²) in [6.07, 6.45) is 0. The van der Waals surface area contributed by atoms with E-state index in [9.17, 15) is 13.6 Å². The molecule has 0 radical (unpaired) electrons. The third-order valence-corrected chi connectivity index (χ3v) is 1.49. The number of hydrogen-bond acceptors (Lipinski definition) is 3. The molecule has 1 rings (SSSR count). The third kappa shape index (κ3) is 1.81. The second-order valence-electron chi connectivity index (χ2n) is 2.41. The van der Waals surface area contributed by atoms with Gasteiger partial charge in [-0.3, -0.25) is 4.79 Å². The molecule has 5 heteroatoms. The van der Waals surface area contributed by atoms with Gasteiger partial charge in [0.25, 0.3) is 0 Å². The van der Waals surface area contributed by atoms with E-state index in [2.05, 4.69) is 0 Å². The monoisotopic (exact) mass is 187 g/mol. The van der Waals surface area contributed by atoms with Crippen molar-refractivity contribution in [1.82, 2.24) is 0 Å². The molecule has 13 heavy (non-hydrogen) atoms. The summed E-state index contributed by atoms with van der Waals surface area (Å²) in [4.78, 5) is 10.9. The zero-order valence-corrected chi connectivity index (χ0v) is 6.55. The van der Waals surface area contributed by atoms with E-state index >= 15 is 0 Å². The Balaban J connectivity index is 3.28. The summed E-state index contributed by atoms with van der Waals surface area (Å²) in [5.41, 5.74) is 4.23. The van der Waals surface area contributed by atoms with Crippen molar-refractivity contribution in [3.05, 3.63) is 29.3 Å². The average Bonchev–Trinajstić information content (AvgIpc) is 2.02. The van der Waals surface area contributed by atoms with E-state index in [1.54, 1.807) is 0 Å². The van der Waals surface area contributed by atoms with E-state index in [4.69, 9.17) is 10.8 Å². The number of aromatic hydroxyl groups is 1. The first-order valence-corrected chi connectivity index (χ1v) is 3.47. The number of benzene rings is 1. The lowest BCUT2D eigenvalue weighted by Crippen LogP contribution is -2.16. The zero-order valence-electron chi connectivity index (χ0n) is 6.55. The maximum atomic E-state index is 12.9. The normalized spacial score (nSPS) is 10.1. The van der Waals surface area contributed by atoms with Crippen LogP contribution in [0.25, 0.3) is 0 Å². The molecule has 0 amide bonds. The van der Waals surface area contributed by atoms with Gasteiger partial charge in [-0.1, -0.05) is 0 Å². The van der Waals surface area contributed by atoms with Gasteiger partial charge in [0.15, 0.2) is 5.78 Å². The second kappa shape index (κ2) is 3.49. The fourth-order valence-electron chi connectivity index (χ4n) is 0.928. The summed E-state index contributed by atoms with van der Waals surface area (Å²) in [6.45, 7) is -0.474. The van der Waals surface area contributed by atoms with Crippen LogP contribution in [0.15, 0.2) is 12.1 Å². The number of phenolic OH excluding ortho intramolecular Hbond substituents is 1. The molecule has 0 unspecified atom stereocenters. The Morgan fingerprint density at radius 2 is 1.85 bits per heavy atom. The summed E-state index contributed by atoms with van der Waals surface area (Å²) in [5.74, 6) is -3.61. The molecule has 0 aliphatic rings. The van der Waals surface area contributed by atoms with Crippen LogP contribution in [0.3, 0.4) is 0 Å². The van der Waals surface area contributed by atoms with Gasteiger partial charge in [0.05, 0.1) is 12.1 Å². The molecule has 0 spiro atoms. The number of ketones is 1. The molecule has 0 bridgehead atoms. The zero-order chi connectivity index (χ0) is 10.0. The maximum Gasteiger partial charge on any atom is 0.182 e. The average molecular weight is 187 g/mol. The summed E-state index contributed by atoms with van der Waals surface area (Å²) in [6, 6.07) is 1.32. The minimum absolute atomic E-state index is 0.474. The predicted octanol–water partition coefficient (Wildman–Crippen LogP) is 0.812. The van der Waals surface area contributed by atoms with Crippen LogP contribution in [0, 0.1) is 11.6 Å². The van der Waals surface area contributed by atoms with Gasteiger partial charge in [-0.15, -0.1) is 0 Å². The highest BCUT2D eigenvalue weighted by atomic mass is 19.1. The van der Waals surface area contributed by atoms with Crippen LogP contribution >= 0.6 is 0 Å². The Morgan fingerprint density at radius 3 is 2.23 bits per heavy atom. The summed E-state index contributed by atoms with van der Waals surface area (Å²) < 4.78 is 25.7. The van der Waals surface area contributed by atoms with Crippen molar-refractivity contribution in [3.8, 4) is 5.75 Å². The highest BCUT2D eigenvalue weighted by Gasteiger charge is 2.16. The van der Waals surface area contributed by atoms with Crippen molar-refractivity contribution >= 4 is 5.78 Å². The number of halogens is 2. The number of Topliss-reactive ketones (excluding diaryl/α,β-unsaturated/α-hetero) is 1. The largest absolute Gasteiger partial charge is 0.508 e. The van der Waals surface area contributed by atoms with Crippen LogP contribution in [0.2, 0.25) is 0 Å². The highest BCUT2D eigenvalue weighted by Crippen LogP contribution is 2.19. The Labute approximate surface area is 72.8 Å². The molecule has 70 valence electrons. The molecule has 1 aromatic rings. The molecule has 0 saturated heterocycles. The molecule has 0 aliphatic heterocycles. The van der Waals surface area contributed by atoms with E-state index in [0.717, 1.165) is 0 Å². The van der Waals surface area contributed by atoms with Crippen LogP contribution in [0.4, 0.5) is 8.78 Å². The Kier molecular flexibility index (Phi) is 2.57. The quantitative estimate of drug-likeness (QED) is 0.673. The van der Waals surface area contributed by atoms with Crippen LogP contribution in [-0.4, -0.2) is 17.4 Å². The number of carbonyl (C=O) groups excluding carboxylic acids is 1. The van der Waals surface area contributed by atoms with E-state index in [1.807, 2.05) is 0 Å². The molecule has 3 N–H and O–H groups in total. The van der Waals surface area contributed by atoms with Gasteiger partial charge in [0.2, 0.25) is 0 Å². The number of carbonyl (C=O) groups is 1. The summed E-state index contributed by atoms with van der Waals surface area (Å²) in [5, 5.41) is 8.75. The van der Waals surface area contributed by atoms with Crippen LogP contribution in [-0.2, 0) is 0 Å². The standard InChI is InChI=1S/C8H7F2NO2/c9-5-1-4(12)2-6(10)8(5)7(13)3-11/h1-2,12H,3,11H2. The number of nitrogens with two attached hydrogens (primary N) is 1. The SMILES string of the molecule is NCC(=O)c1c(F)cc(O)cc1F. The van der Waals surface area contributed by atoms with Gasteiger partial charge in [0, 0.05) is 12.1 Å². The van der Waals surface area contributed by atoms with Crippen molar-refractivity contribution in [2.24, 2.45) is 5.73 Å². The Bertz CT molecular complexity index is 329. The molecular formula is C8H7F2NO2. The van der Waals surface area contributed by atoms with Crippen molar-refractivity contribution < 1.29 is 18.7 Å². The topological polar surface area (TPSA) is 63.3 Å². The van der Waals surface area contributed by atoms with Crippen molar-refractivity contribution in [1.29, 1.82) is 0 Å². The Morgan fingerprint density at radius 1 is 1.38 bits per heavy atom. The van der Waals surface area contributed by atoms with E-state index in [-0.39, 0.29) is 0 Å². The fourth-order valence-corrected chi connectivity index (χ4v) is 0.928. The minimum atomic E-state index is -1.10. The second-order valence-corrected chi connectivity index (χ2v) is 2.41. The highest BCUT2D eigenvalue weighted by molar-refractivity contribution is 5.98. The lowest BCUT2D eigenvalue weighted by molar-refractivity contribution is 0.0993. The van der Waals surface area contributed by atoms with E-state index in [1.165, 1.54) is 0 Å². The van der Waals surface area contributed by atoms with E-state index < -0.39 is 35.3 Å². The first-order valence-electron chi connectivity index (χ1n) is 3.47. The molecule has 1 aromatic carbocycles. The van der Waals surface area contributed by atoms with Crippen LogP contribution in [0.1, 0.15) is 10.4 Å². The van der Waals surface area contributed by atoms with Gasteiger partial charge >= 0.3 is 0 Å². The molecule has 3 nitrogen and oxygen atoms in total. The molecule has 0 fully saturated rings. The summed E-state index contributed by atoms with van der Waals surface area (Å²) in [7, 11) is 0. The van der Waals surface area contributed by atoms with Crippen molar-refractivity contribution in [3.63, 3.8) is 0 Å². The van der Waals surface area contributed by atoms with Gasteiger partial charge in [-0.2, -0.15) is 0 Å². The first-order chi connectivity index (χ1) is 6.06. The van der Waals surface area contributed by atoms with Crippen LogP contribution < -0.4 is 5.73 Å². The minimum Gasteiger partial charge on any atom is -0.508 e. The summed E-state index contributed by atoms with van der Waals surface area (Å²) >= 11 is 0. The smallest absolute Gasteiger partial charge is 0.182 e. The van der Waals surface area contributed by atoms with E-state index in [0.29, 0.717) is 12.1 Å². The molecule has 0 aromatic heterocycles. The molecule has 0 saturated carbocycles. The molecule has 0 aliphatic carbocycles.